The van der Waals surface area contributed by atoms with Crippen LogP contribution >= 0.6 is 15.9 Å². The minimum absolute atomic E-state index is 0.659. The number of hydrogen-bond acceptors (Lipinski definition) is 4. The molecule has 94 valence electrons. The van der Waals surface area contributed by atoms with Gasteiger partial charge in [0.15, 0.2) is 5.82 Å². The molecule has 0 atom stereocenters. The van der Waals surface area contributed by atoms with E-state index in [4.69, 9.17) is 0 Å². The number of aromatic nitrogens is 3. The highest BCUT2D eigenvalue weighted by Gasteiger charge is 2.12. The predicted octanol–water partition coefficient (Wildman–Crippen LogP) is 3.30. The van der Waals surface area contributed by atoms with Gasteiger partial charge in [0.25, 0.3) is 0 Å². The molecule has 2 rings (SSSR count). The van der Waals surface area contributed by atoms with Gasteiger partial charge in [0.1, 0.15) is 11.5 Å². The number of halogens is 1. The third kappa shape index (κ3) is 2.67. The summed E-state index contributed by atoms with van der Waals surface area (Å²) < 4.78 is 0.937. The zero-order valence-electron chi connectivity index (χ0n) is 10.4. The maximum Gasteiger partial charge on any atom is 0.180 e. The van der Waals surface area contributed by atoms with Gasteiger partial charge in [-0.2, -0.15) is 0 Å². The van der Waals surface area contributed by atoms with Gasteiger partial charge in [-0.15, -0.1) is 0 Å². The fourth-order valence-electron chi connectivity index (χ4n) is 1.62. The summed E-state index contributed by atoms with van der Waals surface area (Å²) in [5, 5.41) is 3.23. The van der Waals surface area contributed by atoms with Crippen LogP contribution in [0, 0.1) is 0 Å². The molecule has 0 bridgehead atoms. The Morgan fingerprint density at radius 3 is 2.67 bits per heavy atom. The Kier molecular flexibility index (Phi) is 4.25. The molecule has 0 aliphatic carbocycles. The quantitative estimate of drug-likeness (QED) is 0.941. The minimum atomic E-state index is 0.659. The highest BCUT2D eigenvalue weighted by atomic mass is 79.9. The van der Waals surface area contributed by atoms with E-state index in [1.54, 1.807) is 6.20 Å². The van der Waals surface area contributed by atoms with E-state index in [-0.39, 0.29) is 0 Å². The topological polar surface area (TPSA) is 50.7 Å². The zero-order valence-corrected chi connectivity index (χ0v) is 12.0. The van der Waals surface area contributed by atoms with E-state index in [2.05, 4.69) is 43.1 Å². The average molecular weight is 307 g/mol. The second kappa shape index (κ2) is 5.91. The van der Waals surface area contributed by atoms with Crippen LogP contribution in [-0.4, -0.2) is 21.5 Å². The number of hydrogen-bond donors (Lipinski definition) is 1. The van der Waals surface area contributed by atoms with E-state index in [1.807, 2.05) is 25.1 Å². The van der Waals surface area contributed by atoms with Crippen molar-refractivity contribution < 1.29 is 0 Å². The molecule has 0 amide bonds. The van der Waals surface area contributed by atoms with Crippen molar-refractivity contribution in [2.75, 3.05) is 11.9 Å². The summed E-state index contributed by atoms with van der Waals surface area (Å²) >= 11 is 3.54. The van der Waals surface area contributed by atoms with Crippen molar-refractivity contribution in [2.45, 2.75) is 20.3 Å². The van der Waals surface area contributed by atoms with Crippen molar-refractivity contribution >= 4 is 21.7 Å². The molecule has 2 aromatic rings. The Bertz CT molecular complexity index is 528. The Morgan fingerprint density at radius 1 is 1.22 bits per heavy atom. The molecule has 4 nitrogen and oxygen atoms in total. The molecule has 0 aliphatic rings. The molecule has 5 heteroatoms. The maximum absolute atomic E-state index is 4.54. The SMILES string of the molecule is CCNc1nc(-c2ccccn2)nc(CC)c1Br. The summed E-state index contributed by atoms with van der Waals surface area (Å²) in [5.74, 6) is 1.48. The van der Waals surface area contributed by atoms with Crippen LogP contribution in [0.4, 0.5) is 5.82 Å². The van der Waals surface area contributed by atoms with Crippen LogP contribution in [0.15, 0.2) is 28.9 Å². The third-order valence-electron chi connectivity index (χ3n) is 2.49. The van der Waals surface area contributed by atoms with Gasteiger partial charge < -0.3 is 5.32 Å². The molecule has 18 heavy (non-hydrogen) atoms. The third-order valence-corrected chi connectivity index (χ3v) is 3.33. The van der Waals surface area contributed by atoms with Gasteiger partial charge >= 0.3 is 0 Å². The summed E-state index contributed by atoms with van der Waals surface area (Å²) in [5.41, 5.74) is 1.78. The number of pyridine rings is 1. The maximum atomic E-state index is 4.54. The number of nitrogens with one attached hydrogen (secondary N) is 1. The van der Waals surface area contributed by atoms with E-state index in [1.165, 1.54) is 0 Å². The lowest BCUT2D eigenvalue weighted by Gasteiger charge is -2.10. The highest BCUT2D eigenvalue weighted by molar-refractivity contribution is 9.10. The number of nitrogens with zero attached hydrogens (tertiary/aromatic N) is 3. The van der Waals surface area contributed by atoms with Crippen LogP contribution in [0.2, 0.25) is 0 Å². The summed E-state index contributed by atoms with van der Waals surface area (Å²) in [6.07, 6.45) is 2.60. The molecular formula is C13H15BrN4. The van der Waals surface area contributed by atoms with Gasteiger partial charge in [-0.3, -0.25) is 4.98 Å². The van der Waals surface area contributed by atoms with Gasteiger partial charge in [0, 0.05) is 12.7 Å². The van der Waals surface area contributed by atoms with Crippen molar-refractivity contribution in [3.05, 3.63) is 34.6 Å². The Hall–Kier alpha value is -1.49. The minimum Gasteiger partial charge on any atom is -0.369 e. The second-order valence-corrected chi connectivity index (χ2v) is 4.55. The highest BCUT2D eigenvalue weighted by Crippen LogP contribution is 2.26. The molecule has 0 saturated heterocycles. The fourth-order valence-corrected chi connectivity index (χ4v) is 2.22. The van der Waals surface area contributed by atoms with Gasteiger partial charge in [-0.1, -0.05) is 13.0 Å². The van der Waals surface area contributed by atoms with Gasteiger partial charge in [0.2, 0.25) is 0 Å². The first-order valence-corrected chi connectivity index (χ1v) is 6.77. The molecule has 0 fully saturated rings. The summed E-state index contributed by atoms with van der Waals surface area (Å²) in [6.45, 7) is 4.94. The van der Waals surface area contributed by atoms with Crippen molar-refractivity contribution in [3.8, 4) is 11.5 Å². The Labute approximate surface area is 115 Å². The van der Waals surface area contributed by atoms with Crippen LogP contribution < -0.4 is 5.32 Å². The Morgan fingerprint density at radius 2 is 2.06 bits per heavy atom. The molecule has 0 spiro atoms. The molecule has 0 aliphatic heterocycles. The van der Waals surface area contributed by atoms with Gasteiger partial charge in [-0.25, -0.2) is 9.97 Å². The zero-order chi connectivity index (χ0) is 13.0. The van der Waals surface area contributed by atoms with Crippen LogP contribution in [-0.2, 0) is 6.42 Å². The lowest BCUT2D eigenvalue weighted by molar-refractivity contribution is 0.978. The van der Waals surface area contributed by atoms with E-state index in [9.17, 15) is 0 Å². The number of aryl methyl sites for hydroxylation is 1. The first kappa shape index (κ1) is 13.0. The second-order valence-electron chi connectivity index (χ2n) is 3.76. The monoisotopic (exact) mass is 306 g/mol. The number of rotatable bonds is 4. The lowest BCUT2D eigenvalue weighted by Crippen LogP contribution is -2.06. The largest absolute Gasteiger partial charge is 0.369 e. The smallest absolute Gasteiger partial charge is 0.180 e. The lowest BCUT2D eigenvalue weighted by atomic mass is 10.3. The molecule has 2 aromatic heterocycles. The van der Waals surface area contributed by atoms with Crippen LogP contribution in [0.3, 0.4) is 0 Å². The van der Waals surface area contributed by atoms with Crippen LogP contribution in [0.5, 0.6) is 0 Å². The first-order chi connectivity index (χ1) is 8.76. The number of anilines is 1. The molecule has 0 aromatic carbocycles. The van der Waals surface area contributed by atoms with E-state index >= 15 is 0 Å². The first-order valence-electron chi connectivity index (χ1n) is 5.98. The molecular weight excluding hydrogens is 292 g/mol. The van der Waals surface area contributed by atoms with E-state index < -0.39 is 0 Å². The average Bonchev–Trinajstić information content (AvgIpc) is 2.42. The summed E-state index contributed by atoms with van der Waals surface area (Å²) in [4.78, 5) is 13.3. The van der Waals surface area contributed by atoms with E-state index in [0.717, 1.165) is 34.6 Å². The van der Waals surface area contributed by atoms with Crippen LogP contribution in [0.25, 0.3) is 11.5 Å². The van der Waals surface area contributed by atoms with Crippen LogP contribution in [0.1, 0.15) is 19.5 Å². The molecule has 0 saturated carbocycles. The fraction of sp³-hybridized carbons (Fsp3) is 0.308. The normalized spacial score (nSPS) is 10.4. The van der Waals surface area contributed by atoms with Crippen molar-refractivity contribution in [2.24, 2.45) is 0 Å². The van der Waals surface area contributed by atoms with Gasteiger partial charge in [-0.05, 0) is 41.4 Å². The summed E-state index contributed by atoms with van der Waals surface area (Å²) in [7, 11) is 0. The molecule has 0 unspecified atom stereocenters. The van der Waals surface area contributed by atoms with E-state index in [0.29, 0.717) is 5.82 Å². The molecule has 0 radical (unpaired) electrons. The van der Waals surface area contributed by atoms with Crippen molar-refractivity contribution in [3.63, 3.8) is 0 Å². The predicted molar refractivity (Wildman–Crippen MR) is 76.5 cm³/mol. The standard InChI is InChI=1S/C13H15BrN4/c1-3-9-11(14)13(15-4-2)18-12(17-9)10-7-5-6-8-16-10/h5-8H,3-4H2,1-2H3,(H,15,17,18). The molecule has 2 heterocycles. The Balaban J connectivity index is 2.52. The molecule has 1 N–H and O–H groups in total. The van der Waals surface area contributed by atoms with Crippen molar-refractivity contribution in [1.29, 1.82) is 0 Å². The van der Waals surface area contributed by atoms with Gasteiger partial charge in [0.05, 0.1) is 10.2 Å². The van der Waals surface area contributed by atoms with Crippen molar-refractivity contribution in [1.82, 2.24) is 15.0 Å². The summed E-state index contributed by atoms with van der Waals surface area (Å²) in [6, 6.07) is 5.74.